The van der Waals surface area contributed by atoms with Crippen LogP contribution in [0.1, 0.15) is 0 Å². The summed E-state index contributed by atoms with van der Waals surface area (Å²) < 4.78 is 66.3. The number of halogens is 1. The molecule has 0 atom stereocenters. The number of phenols is 1. The first kappa shape index (κ1) is 21.2. The minimum Gasteiger partial charge on any atom is -0.504 e. The third-order valence-electron chi connectivity index (χ3n) is 4.50. The number of fused-ring (bicyclic) bond motifs is 2. The number of aromatic nitrogens is 1. The summed E-state index contributed by atoms with van der Waals surface area (Å²) in [7, 11) is -9.49. The lowest BCUT2D eigenvalue weighted by Crippen LogP contribution is -2.00. The monoisotopic (exact) mass is 481 g/mol. The van der Waals surface area contributed by atoms with Gasteiger partial charge in [-0.15, -0.1) is 10.2 Å². The van der Waals surface area contributed by atoms with Gasteiger partial charge in [0.15, 0.2) is 5.75 Å². The van der Waals surface area contributed by atoms with Crippen molar-refractivity contribution >= 4 is 65.1 Å². The van der Waals surface area contributed by atoms with E-state index in [4.69, 9.17) is 11.8 Å². The van der Waals surface area contributed by atoms with Crippen LogP contribution in [0.25, 0.3) is 21.7 Å². The van der Waals surface area contributed by atoms with Gasteiger partial charge in [-0.25, -0.2) is 0 Å². The molecule has 0 amide bonds. The molecule has 4 aromatic rings. The Morgan fingerprint density at radius 2 is 1.58 bits per heavy atom. The van der Waals surface area contributed by atoms with E-state index in [1.807, 2.05) is 0 Å². The first-order chi connectivity index (χ1) is 14.5. The molecule has 0 fully saturated rings. The Labute approximate surface area is 180 Å². The third kappa shape index (κ3) is 3.86. The van der Waals surface area contributed by atoms with Gasteiger partial charge in [0, 0.05) is 22.5 Å². The molecule has 3 N–H and O–H groups in total. The van der Waals surface area contributed by atoms with Crippen molar-refractivity contribution in [2.45, 2.75) is 9.79 Å². The molecular weight excluding hydrogens is 470 g/mol. The number of para-hydroxylation sites is 1. The fourth-order valence-electron chi connectivity index (χ4n) is 3.09. The van der Waals surface area contributed by atoms with Gasteiger partial charge < -0.3 is 5.11 Å². The summed E-state index contributed by atoms with van der Waals surface area (Å²) in [5.74, 6) is -0.882. The van der Waals surface area contributed by atoms with Gasteiger partial charge in [-0.2, -0.15) is 16.8 Å². The van der Waals surface area contributed by atoms with E-state index in [9.17, 15) is 31.0 Å². The zero-order valence-corrected chi connectivity index (χ0v) is 17.6. The van der Waals surface area contributed by atoms with Crippen molar-refractivity contribution in [3.05, 3.63) is 54.7 Å². The zero-order chi connectivity index (χ0) is 22.6. The van der Waals surface area contributed by atoms with Crippen molar-refractivity contribution in [3.63, 3.8) is 0 Å². The van der Waals surface area contributed by atoms with E-state index in [1.165, 1.54) is 16.3 Å². The Morgan fingerprint density at radius 1 is 0.871 bits per heavy atom. The number of benzene rings is 3. The molecule has 0 radical (unpaired) electrons. The summed E-state index contributed by atoms with van der Waals surface area (Å²) in [6, 6.07) is 11.1. The van der Waals surface area contributed by atoms with Gasteiger partial charge in [0.25, 0.3) is 20.2 Å². The highest BCUT2D eigenvalue weighted by Gasteiger charge is 2.23. The van der Waals surface area contributed by atoms with Crippen molar-refractivity contribution in [3.8, 4) is 5.75 Å². The number of azo groups is 1. The highest BCUT2D eigenvalue weighted by Crippen LogP contribution is 2.42. The van der Waals surface area contributed by atoms with Gasteiger partial charge in [-0.05, 0) is 29.7 Å². The molecule has 1 heterocycles. The Morgan fingerprint density at radius 3 is 2.26 bits per heavy atom. The van der Waals surface area contributed by atoms with Crippen LogP contribution in [0.5, 0.6) is 5.75 Å². The molecule has 10 nitrogen and oxygen atoms in total. The molecule has 13 heteroatoms. The van der Waals surface area contributed by atoms with Crippen LogP contribution >= 0.6 is 11.8 Å². The maximum Gasteiger partial charge on any atom is 0.298 e. The number of hydrogen-bond donors (Lipinski definition) is 3. The molecule has 3 aromatic carbocycles. The van der Waals surface area contributed by atoms with E-state index < -0.39 is 35.8 Å². The number of aromatic hydroxyl groups is 1. The summed E-state index contributed by atoms with van der Waals surface area (Å²) >= 11 is 6.10. The second kappa shape index (κ2) is 7.28. The number of rotatable bonds is 4. The van der Waals surface area contributed by atoms with Gasteiger partial charge in [-0.3, -0.25) is 13.2 Å². The molecule has 0 saturated heterocycles. The summed E-state index contributed by atoms with van der Waals surface area (Å²) in [6.07, 6.45) is 1.46. The lowest BCUT2D eigenvalue weighted by atomic mass is 10.1. The first-order valence-corrected chi connectivity index (χ1v) is 11.6. The Bertz CT molecular complexity index is 1610. The average molecular weight is 482 g/mol. The Balaban J connectivity index is 1.99. The summed E-state index contributed by atoms with van der Waals surface area (Å²) in [5, 5.41) is 19.2. The third-order valence-corrected chi connectivity index (χ3v) is 6.50. The highest BCUT2D eigenvalue weighted by molar-refractivity contribution is 7.86. The lowest BCUT2D eigenvalue weighted by molar-refractivity contribution is 0.445. The van der Waals surface area contributed by atoms with Crippen LogP contribution in [0, 0.1) is 0 Å². The van der Waals surface area contributed by atoms with Gasteiger partial charge in [0.2, 0.25) is 0 Å². The van der Waals surface area contributed by atoms with Crippen LogP contribution in [-0.2, 0) is 20.2 Å². The van der Waals surface area contributed by atoms with Crippen molar-refractivity contribution in [2.24, 2.45) is 10.2 Å². The predicted octanol–water partition coefficient (Wildman–Crippen LogP) is 4.41. The molecule has 0 spiro atoms. The van der Waals surface area contributed by atoms with E-state index in [-0.39, 0.29) is 16.5 Å². The standard InChI is InChI=1S/C18H12ClN3O7S2/c19-22-9-14(13-3-1-2-4-15(13)22)20-21-17-12-6-5-11(30(24,25)26)7-10(12)8-16(18(17)23)31(27,28)29/h1-9,23H,(H,24,25,26)(H,27,28,29). The van der Waals surface area contributed by atoms with Gasteiger partial charge >= 0.3 is 0 Å². The fourth-order valence-corrected chi connectivity index (χ4v) is 4.47. The molecule has 0 bridgehead atoms. The molecule has 4 rings (SSSR count). The van der Waals surface area contributed by atoms with Gasteiger partial charge in [0.1, 0.15) is 16.3 Å². The van der Waals surface area contributed by atoms with Crippen LogP contribution in [0.3, 0.4) is 0 Å². The second-order valence-electron chi connectivity index (χ2n) is 6.45. The number of nitrogens with zero attached hydrogens (tertiary/aromatic N) is 3. The Hall–Kier alpha value is -3.03. The highest BCUT2D eigenvalue weighted by atomic mass is 35.5. The molecule has 0 aliphatic rings. The molecule has 0 saturated carbocycles. The maximum absolute atomic E-state index is 11.7. The van der Waals surface area contributed by atoms with Crippen LogP contribution in [0.2, 0.25) is 0 Å². The number of phenolic OH excluding ortho intramolecular Hbond substituents is 1. The van der Waals surface area contributed by atoms with Crippen LogP contribution in [-0.4, -0.2) is 35.1 Å². The van der Waals surface area contributed by atoms with Crippen molar-refractivity contribution in [1.82, 2.24) is 4.09 Å². The van der Waals surface area contributed by atoms with Crippen LogP contribution < -0.4 is 0 Å². The zero-order valence-electron chi connectivity index (χ0n) is 15.2. The Kier molecular flexibility index (Phi) is 4.98. The number of hydrogen-bond acceptors (Lipinski definition) is 7. The fraction of sp³-hybridized carbons (Fsp3) is 0. The molecule has 0 aliphatic carbocycles. The minimum atomic E-state index is -4.90. The summed E-state index contributed by atoms with van der Waals surface area (Å²) in [5.41, 5.74) is 0.611. The molecular formula is C18H12ClN3O7S2. The first-order valence-electron chi connectivity index (χ1n) is 8.39. The van der Waals surface area contributed by atoms with Crippen LogP contribution in [0.4, 0.5) is 11.4 Å². The molecule has 0 aliphatic heterocycles. The molecule has 31 heavy (non-hydrogen) atoms. The van der Waals surface area contributed by atoms with E-state index in [0.717, 1.165) is 18.2 Å². The largest absolute Gasteiger partial charge is 0.504 e. The second-order valence-corrected chi connectivity index (χ2v) is 9.62. The van der Waals surface area contributed by atoms with Crippen molar-refractivity contribution < 1.29 is 31.0 Å². The van der Waals surface area contributed by atoms with E-state index in [0.29, 0.717) is 16.6 Å². The predicted molar refractivity (Wildman–Crippen MR) is 113 cm³/mol. The smallest absolute Gasteiger partial charge is 0.298 e. The van der Waals surface area contributed by atoms with Gasteiger partial charge in [-0.1, -0.05) is 24.3 Å². The molecule has 160 valence electrons. The van der Waals surface area contributed by atoms with Crippen LogP contribution in [0.15, 0.2) is 74.7 Å². The quantitative estimate of drug-likeness (QED) is 0.287. The minimum absolute atomic E-state index is 0.0331. The van der Waals surface area contributed by atoms with Crippen molar-refractivity contribution in [1.29, 1.82) is 0 Å². The van der Waals surface area contributed by atoms with Gasteiger partial charge in [0.05, 0.1) is 16.6 Å². The van der Waals surface area contributed by atoms with Crippen molar-refractivity contribution in [2.75, 3.05) is 0 Å². The topological polar surface area (TPSA) is 159 Å². The average Bonchev–Trinajstić information content (AvgIpc) is 3.01. The van der Waals surface area contributed by atoms with E-state index in [1.54, 1.807) is 24.3 Å². The lowest BCUT2D eigenvalue weighted by Gasteiger charge is -2.09. The summed E-state index contributed by atoms with van der Waals surface area (Å²) in [6.45, 7) is 0. The van der Waals surface area contributed by atoms with E-state index in [2.05, 4.69) is 10.2 Å². The molecule has 1 aromatic heterocycles. The summed E-state index contributed by atoms with van der Waals surface area (Å²) in [4.78, 5) is -1.42. The van der Waals surface area contributed by atoms with E-state index >= 15 is 0 Å². The molecule has 0 unspecified atom stereocenters. The SMILES string of the molecule is O=S(=O)(O)c1ccc2c(N=Nc3cn(Cl)c4ccccc34)c(O)c(S(=O)(=O)O)cc2c1. The normalized spacial score (nSPS) is 12.9. The maximum atomic E-state index is 11.7.